The van der Waals surface area contributed by atoms with Crippen LogP contribution in [-0.4, -0.2) is 29.7 Å². The van der Waals surface area contributed by atoms with Crippen molar-refractivity contribution in [2.75, 3.05) is 18.6 Å². The fourth-order valence-corrected chi connectivity index (χ4v) is 2.02. The maximum atomic E-state index is 12.2. The van der Waals surface area contributed by atoms with Crippen molar-refractivity contribution in [3.8, 4) is 0 Å². The number of aromatic nitrogens is 1. The number of fused-ring (bicyclic) bond motifs is 1. The average molecular weight is 262 g/mol. The molecule has 1 aromatic carbocycles. The zero-order valence-electron chi connectivity index (χ0n) is 11.4. The number of aryl methyl sites for hydroxylation is 1. The van der Waals surface area contributed by atoms with E-state index in [2.05, 4.69) is 4.98 Å². The minimum Gasteiger partial charge on any atom is -0.441 e. The number of aliphatic hydroxyl groups is 1. The lowest BCUT2D eigenvalue weighted by molar-refractivity contribution is -0.123. The van der Waals surface area contributed by atoms with Gasteiger partial charge in [-0.3, -0.25) is 4.79 Å². The third-order valence-corrected chi connectivity index (χ3v) is 3.26. The largest absolute Gasteiger partial charge is 0.441 e. The molecule has 5 heteroatoms. The van der Waals surface area contributed by atoms with E-state index in [-0.39, 0.29) is 18.4 Å². The topological polar surface area (TPSA) is 66.6 Å². The predicted octanol–water partition coefficient (Wildman–Crippen LogP) is 2.12. The molecular formula is C14H18N2O3. The summed E-state index contributed by atoms with van der Waals surface area (Å²) in [4.78, 5) is 18.0. The second-order valence-corrected chi connectivity index (χ2v) is 4.57. The Morgan fingerprint density at radius 3 is 2.89 bits per heavy atom. The highest BCUT2D eigenvalue weighted by molar-refractivity contribution is 5.96. The molecule has 2 rings (SSSR count). The Balaban J connectivity index is 2.30. The fraction of sp³-hybridized carbons (Fsp3) is 0.429. The summed E-state index contributed by atoms with van der Waals surface area (Å²) < 4.78 is 5.40. The predicted molar refractivity (Wildman–Crippen MR) is 73.0 cm³/mol. The van der Waals surface area contributed by atoms with Crippen molar-refractivity contribution >= 4 is 22.7 Å². The van der Waals surface area contributed by atoms with Gasteiger partial charge in [0.05, 0.1) is 12.5 Å². The number of aliphatic hydroxyl groups excluding tert-OH is 1. The van der Waals surface area contributed by atoms with Crippen molar-refractivity contribution < 1.29 is 14.3 Å². The SMILES string of the molecule is CCC(CO)C(=O)N(C)c1ccc2oc(C)nc2c1. The quantitative estimate of drug-likeness (QED) is 0.916. The molecule has 0 saturated heterocycles. The summed E-state index contributed by atoms with van der Waals surface area (Å²) in [7, 11) is 1.70. The molecule has 19 heavy (non-hydrogen) atoms. The molecule has 5 nitrogen and oxygen atoms in total. The van der Waals surface area contributed by atoms with Gasteiger partial charge < -0.3 is 14.4 Å². The lowest BCUT2D eigenvalue weighted by Gasteiger charge is -2.21. The molecular weight excluding hydrogens is 244 g/mol. The molecule has 0 spiro atoms. The van der Waals surface area contributed by atoms with Crippen LogP contribution in [0.3, 0.4) is 0 Å². The normalized spacial score (nSPS) is 12.6. The third-order valence-electron chi connectivity index (χ3n) is 3.26. The van der Waals surface area contributed by atoms with Crippen LogP contribution in [0.4, 0.5) is 5.69 Å². The zero-order chi connectivity index (χ0) is 14.0. The van der Waals surface area contributed by atoms with Crippen molar-refractivity contribution in [1.29, 1.82) is 0 Å². The molecule has 0 aliphatic rings. The van der Waals surface area contributed by atoms with Crippen molar-refractivity contribution in [2.45, 2.75) is 20.3 Å². The highest BCUT2D eigenvalue weighted by atomic mass is 16.3. The first kappa shape index (κ1) is 13.5. The van der Waals surface area contributed by atoms with Crippen molar-refractivity contribution in [3.63, 3.8) is 0 Å². The van der Waals surface area contributed by atoms with Gasteiger partial charge in [-0.15, -0.1) is 0 Å². The van der Waals surface area contributed by atoms with Gasteiger partial charge in [0.1, 0.15) is 5.52 Å². The second kappa shape index (κ2) is 5.40. The lowest BCUT2D eigenvalue weighted by Crippen LogP contribution is -2.34. The van der Waals surface area contributed by atoms with Gasteiger partial charge >= 0.3 is 0 Å². The number of carbonyl (C=O) groups excluding carboxylic acids is 1. The first-order valence-electron chi connectivity index (χ1n) is 6.32. The molecule has 1 aromatic heterocycles. The molecule has 0 fully saturated rings. The van der Waals surface area contributed by atoms with Gasteiger partial charge in [-0.25, -0.2) is 4.98 Å². The van der Waals surface area contributed by atoms with Crippen LogP contribution in [0.5, 0.6) is 0 Å². The summed E-state index contributed by atoms with van der Waals surface area (Å²) in [5.41, 5.74) is 2.18. The van der Waals surface area contributed by atoms with Crippen LogP contribution >= 0.6 is 0 Å². The first-order chi connectivity index (χ1) is 9.06. The highest BCUT2D eigenvalue weighted by Gasteiger charge is 2.21. The van der Waals surface area contributed by atoms with Crippen LogP contribution in [-0.2, 0) is 4.79 Å². The summed E-state index contributed by atoms with van der Waals surface area (Å²) in [5, 5.41) is 9.19. The Morgan fingerprint density at radius 1 is 1.53 bits per heavy atom. The molecule has 0 bridgehead atoms. The monoisotopic (exact) mass is 262 g/mol. The molecule has 0 saturated carbocycles. The molecule has 1 N–H and O–H groups in total. The molecule has 102 valence electrons. The summed E-state index contributed by atoms with van der Waals surface area (Å²) in [6.07, 6.45) is 0.616. The van der Waals surface area contributed by atoms with E-state index in [0.717, 1.165) is 11.2 Å². The molecule has 1 amide bonds. The van der Waals surface area contributed by atoms with E-state index in [9.17, 15) is 9.90 Å². The minimum atomic E-state index is -0.361. The van der Waals surface area contributed by atoms with Gasteiger partial charge in [0, 0.05) is 19.7 Å². The van der Waals surface area contributed by atoms with Crippen molar-refractivity contribution in [1.82, 2.24) is 4.98 Å². The van der Waals surface area contributed by atoms with E-state index in [1.54, 1.807) is 24.9 Å². The Labute approximate surface area is 111 Å². The van der Waals surface area contributed by atoms with Crippen LogP contribution in [0, 0.1) is 12.8 Å². The number of hydrogen-bond acceptors (Lipinski definition) is 4. The lowest BCUT2D eigenvalue weighted by atomic mass is 10.1. The maximum absolute atomic E-state index is 12.2. The molecule has 0 aliphatic carbocycles. The van der Waals surface area contributed by atoms with Crippen LogP contribution in [0.15, 0.2) is 22.6 Å². The minimum absolute atomic E-state index is 0.0930. The molecule has 1 atom stereocenters. The maximum Gasteiger partial charge on any atom is 0.232 e. The summed E-state index contributed by atoms with van der Waals surface area (Å²) in [5.74, 6) is 0.146. The average Bonchev–Trinajstić information content (AvgIpc) is 2.78. The number of nitrogens with zero attached hydrogens (tertiary/aromatic N) is 2. The number of hydrogen-bond donors (Lipinski definition) is 1. The van der Waals surface area contributed by atoms with Crippen LogP contribution in [0.1, 0.15) is 19.2 Å². The van der Waals surface area contributed by atoms with E-state index in [1.807, 2.05) is 19.1 Å². The fourth-order valence-electron chi connectivity index (χ4n) is 2.02. The van der Waals surface area contributed by atoms with Crippen LogP contribution in [0.25, 0.3) is 11.1 Å². The Hall–Kier alpha value is -1.88. The number of carbonyl (C=O) groups is 1. The standard InChI is InChI=1S/C14H18N2O3/c1-4-10(8-17)14(18)16(3)11-5-6-13-12(7-11)15-9(2)19-13/h5-7,10,17H,4,8H2,1-3H3. The van der Waals surface area contributed by atoms with Crippen LogP contribution in [0.2, 0.25) is 0 Å². The van der Waals surface area contributed by atoms with Gasteiger partial charge in [0.2, 0.25) is 5.91 Å². The number of anilines is 1. The second-order valence-electron chi connectivity index (χ2n) is 4.57. The van der Waals surface area contributed by atoms with E-state index in [1.165, 1.54) is 0 Å². The Kier molecular flexibility index (Phi) is 3.85. The molecule has 1 heterocycles. The Bertz CT molecular complexity index is 587. The molecule has 1 unspecified atom stereocenters. The van der Waals surface area contributed by atoms with Crippen LogP contribution < -0.4 is 4.90 Å². The highest BCUT2D eigenvalue weighted by Crippen LogP contribution is 2.23. The Morgan fingerprint density at radius 2 is 2.26 bits per heavy atom. The van der Waals surface area contributed by atoms with Gasteiger partial charge in [-0.1, -0.05) is 6.92 Å². The van der Waals surface area contributed by atoms with Gasteiger partial charge in [-0.05, 0) is 24.6 Å². The van der Waals surface area contributed by atoms with E-state index >= 15 is 0 Å². The molecule has 0 radical (unpaired) electrons. The zero-order valence-corrected chi connectivity index (χ0v) is 11.4. The summed E-state index contributed by atoms with van der Waals surface area (Å²) >= 11 is 0. The first-order valence-corrected chi connectivity index (χ1v) is 6.32. The van der Waals surface area contributed by atoms with Gasteiger partial charge in [0.25, 0.3) is 0 Å². The molecule has 2 aromatic rings. The third kappa shape index (κ3) is 2.61. The number of benzene rings is 1. The van der Waals surface area contributed by atoms with Crippen molar-refractivity contribution in [2.24, 2.45) is 5.92 Å². The summed E-state index contributed by atoms with van der Waals surface area (Å²) in [6, 6.07) is 5.43. The number of rotatable bonds is 4. The molecule has 0 aliphatic heterocycles. The van der Waals surface area contributed by atoms with E-state index in [4.69, 9.17) is 4.42 Å². The smallest absolute Gasteiger partial charge is 0.232 e. The number of amides is 1. The van der Waals surface area contributed by atoms with Gasteiger partial charge in [0.15, 0.2) is 11.5 Å². The van der Waals surface area contributed by atoms with E-state index < -0.39 is 0 Å². The van der Waals surface area contributed by atoms with E-state index in [0.29, 0.717) is 17.9 Å². The van der Waals surface area contributed by atoms with Gasteiger partial charge in [-0.2, -0.15) is 0 Å². The summed E-state index contributed by atoms with van der Waals surface area (Å²) in [6.45, 7) is 3.54. The van der Waals surface area contributed by atoms with Crippen molar-refractivity contribution in [3.05, 3.63) is 24.1 Å². The number of oxazole rings is 1.